The highest BCUT2D eigenvalue weighted by Gasteiger charge is 2.19. The Morgan fingerprint density at radius 1 is 0.750 bits per heavy atom. The van der Waals surface area contributed by atoms with Crippen molar-refractivity contribution in [2.75, 3.05) is 19.8 Å². The van der Waals surface area contributed by atoms with Gasteiger partial charge in [-0.2, -0.15) is 0 Å². The molecule has 1 saturated carbocycles. The van der Waals surface area contributed by atoms with Crippen molar-refractivity contribution in [1.82, 2.24) is 10.2 Å². The lowest BCUT2D eigenvalue weighted by Crippen LogP contribution is -2.44. The highest BCUT2D eigenvalue weighted by atomic mass is 15.2. The Kier molecular flexibility index (Phi) is 5.64. The van der Waals surface area contributed by atoms with E-state index in [4.69, 9.17) is 0 Å². The van der Waals surface area contributed by atoms with Crippen LogP contribution in [-0.2, 0) is 0 Å². The van der Waals surface area contributed by atoms with E-state index in [-0.39, 0.29) is 0 Å². The lowest BCUT2D eigenvalue weighted by Gasteiger charge is -2.34. The van der Waals surface area contributed by atoms with Crippen LogP contribution in [0.1, 0.15) is 64.2 Å². The van der Waals surface area contributed by atoms with Crippen molar-refractivity contribution in [3.63, 3.8) is 0 Å². The van der Waals surface area contributed by atoms with E-state index in [1.807, 2.05) is 0 Å². The maximum atomic E-state index is 3.60. The molecule has 2 heteroatoms. The lowest BCUT2D eigenvalue weighted by molar-refractivity contribution is 0.143. The van der Waals surface area contributed by atoms with Gasteiger partial charge >= 0.3 is 0 Å². The monoisotopic (exact) mass is 224 g/mol. The van der Waals surface area contributed by atoms with Gasteiger partial charge in [0.15, 0.2) is 0 Å². The van der Waals surface area contributed by atoms with E-state index in [2.05, 4.69) is 10.2 Å². The standard InChI is InChI=1S/C14H28N2/c1-2-5-9-14(10-6-3-1)16-12-8-4-7-11-15-13-16/h14-15H,1-13H2. The van der Waals surface area contributed by atoms with Gasteiger partial charge in [-0.25, -0.2) is 0 Å². The van der Waals surface area contributed by atoms with Gasteiger partial charge in [0.1, 0.15) is 0 Å². The smallest absolute Gasteiger partial charge is 0.0483 e. The zero-order valence-electron chi connectivity index (χ0n) is 10.7. The molecule has 2 fully saturated rings. The van der Waals surface area contributed by atoms with Crippen LogP contribution in [0.15, 0.2) is 0 Å². The summed E-state index contributed by atoms with van der Waals surface area (Å²) in [7, 11) is 0. The molecule has 0 aromatic heterocycles. The van der Waals surface area contributed by atoms with Gasteiger partial charge in [-0.15, -0.1) is 0 Å². The van der Waals surface area contributed by atoms with Gasteiger partial charge in [0.25, 0.3) is 0 Å². The van der Waals surface area contributed by atoms with Gasteiger partial charge in [0.05, 0.1) is 0 Å². The summed E-state index contributed by atoms with van der Waals surface area (Å²) in [5.41, 5.74) is 0. The van der Waals surface area contributed by atoms with E-state index in [0.29, 0.717) is 0 Å². The van der Waals surface area contributed by atoms with Gasteiger partial charge in [-0.05, 0) is 38.8 Å². The van der Waals surface area contributed by atoms with Crippen LogP contribution in [0.25, 0.3) is 0 Å². The third-order valence-electron chi connectivity index (χ3n) is 4.20. The molecule has 0 radical (unpaired) electrons. The minimum absolute atomic E-state index is 0.880. The number of nitrogens with one attached hydrogen (secondary N) is 1. The van der Waals surface area contributed by atoms with Crippen LogP contribution in [0.2, 0.25) is 0 Å². The summed E-state index contributed by atoms with van der Waals surface area (Å²) in [6.45, 7) is 3.70. The average Bonchev–Trinajstić information content (AvgIpc) is 2.18. The van der Waals surface area contributed by atoms with Crippen molar-refractivity contribution < 1.29 is 0 Å². The molecule has 2 aliphatic rings. The van der Waals surface area contributed by atoms with Crippen LogP contribution < -0.4 is 5.32 Å². The predicted molar refractivity (Wildman–Crippen MR) is 69.5 cm³/mol. The van der Waals surface area contributed by atoms with Crippen molar-refractivity contribution in [2.24, 2.45) is 0 Å². The predicted octanol–water partition coefficient (Wildman–Crippen LogP) is 3.13. The van der Waals surface area contributed by atoms with Crippen molar-refractivity contribution in [3.8, 4) is 0 Å². The SMILES string of the molecule is C1CCCC(N2CCCCCNC2)CCC1. The molecule has 0 bridgehead atoms. The third kappa shape index (κ3) is 4.06. The maximum Gasteiger partial charge on any atom is 0.0483 e. The first-order chi connectivity index (χ1) is 7.97. The van der Waals surface area contributed by atoms with Crippen molar-refractivity contribution in [2.45, 2.75) is 70.3 Å². The summed E-state index contributed by atoms with van der Waals surface area (Å²) < 4.78 is 0. The molecule has 2 rings (SSSR count). The maximum absolute atomic E-state index is 3.60. The van der Waals surface area contributed by atoms with Gasteiger partial charge in [-0.1, -0.05) is 38.5 Å². The number of rotatable bonds is 1. The van der Waals surface area contributed by atoms with Crippen molar-refractivity contribution in [3.05, 3.63) is 0 Å². The molecule has 0 aromatic carbocycles. The molecular weight excluding hydrogens is 196 g/mol. The first kappa shape index (κ1) is 12.4. The summed E-state index contributed by atoms with van der Waals surface area (Å²) in [6.07, 6.45) is 14.4. The van der Waals surface area contributed by atoms with Gasteiger partial charge in [0.2, 0.25) is 0 Å². The molecule has 2 nitrogen and oxygen atoms in total. The topological polar surface area (TPSA) is 15.3 Å². The quantitative estimate of drug-likeness (QED) is 0.736. The van der Waals surface area contributed by atoms with Crippen LogP contribution in [0, 0.1) is 0 Å². The second-order valence-electron chi connectivity index (χ2n) is 5.53. The molecule has 0 spiro atoms. The highest BCUT2D eigenvalue weighted by molar-refractivity contribution is 4.74. The molecule has 0 atom stereocenters. The van der Waals surface area contributed by atoms with Crippen LogP contribution in [0.3, 0.4) is 0 Å². The Morgan fingerprint density at radius 2 is 1.44 bits per heavy atom. The number of nitrogens with zero attached hydrogens (tertiary/aromatic N) is 1. The van der Waals surface area contributed by atoms with E-state index in [1.54, 1.807) is 0 Å². The molecule has 0 amide bonds. The van der Waals surface area contributed by atoms with Crippen LogP contribution in [0.4, 0.5) is 0 Å². The van der Waals surface area contributed by atoms with E-state index in [1.165, 1.54) is 77.3 Å². The van der Waals surface area contributed by atoms with Crippen molar-refractivity contribution in [1.29, 1.82) is 0 Å². The minimum Gasteiger partial charge on any atom is -0.304 e. The van der Waals surface area contributed by atoms with Crippen LogP contribution in [0.5, 0.6) is 0 Å². The van der Waals surface area contributed by atoms with Gasteiger partial charge in [-0.3, -0.25) is 4.90 Å². The minimum atomic E-state index is 0.880. The fourth-order valence-corrected chi connectivity index (χ4v) is 3.15. The number of hydrogen-bond acceptors (Lipinski definition) is 2. The molecule has 1 heterocycles. The summed E-state index contributed by atoms with van der Waals surface area (Å²) in [6, 6.07) is 0.880. The zero-order valence-corrected chi connectivity index (χ0v) is 10.7. The summed E-state index contributed by atoms with van der Waals surface area (Å²) in [4.78, 5) is 2.73. The molecular formula is C14H28N2. The molecule has 0 unspecified atom stereocenters. The number of hydrogen-bond donors (Lipinski definition) is 1. The first-order valence-corrected chi connectivity index (χ1v) is 7.41. The Hall–Kier alpha value is -0.0800. The average molecular weight is 224 g/mol. The summed E-state index contributed by atoms with van der Waals surface area (Å²) >= 11 is 0. The molecule has 1 aliphatic heterocycles. The second kappa shape index (κ2) is 7.29. The summed E-state index contributed by atoms with van der Waals surface area (Å²) in [5.74, 6) is 0. The zero-order chi connectivity index (χ0) is 11.1. The summed E-state index contributed by atoms with van der Waals surface area (Å²) in [5, 5.41) is 3.60. The molecule has 1 N–H and O–H groups in total. The van der Waals surface area contributed by atoms with Crippen molar-refractivity contribution >= 4 is 0 Å². The fourth-order valence-electron chi connectivity index (χ4n) is 3.15. The van der Waals surface area contributed by atoms with Crippen LogP contribution >= 0.6 is 0 Å². The lowest BCUT2D eigenvalue weighted by atomic mass is 9.95. The largest absolute Gasteiger partial charge is 0.304 e. The first-order valence-electron chi connectivity index (χ1n) is 7.41. The molecule has 1 aliphatic carbocycles. The van der Waals surface area contributed by atoms with E-state index in [9.17, 15) is 0 Å². The van der Waals surface area contributed by atoms with E-state index >= 15 is 0 Å². The van der Waals surface area contributed by atoms with E-state index < -0.39 is 0 Å². The highest BCUT2D eigenvalue weighted by Crippen LogP contribution is 2.21. The Bertz CT molecular complexity index is 146. The second-order valence-corrected chi connectivity index (χ2v) is 5.53. The van der Waals surface area contributed by atoms with Crippen LogP contribution in [-0.4, -0.2) is 30.7 Å². The Morgan fingerprint density at radius 3 is 2.25 bits per heavy atom. The Labute approximate surface area is 101 Å². The van der Waals surface area contributed by atoms with E-state index in [0.717, 1.165) is 12.7 Å². The molecule has 0 aromatic rings. The fraction of sp³-hybridized carbons (Fsp3) is 1.00. The van der Waals surface area contributed by atoms with Gasteiger partial charge < -0.3 is 5.32 Å². The molecule has 1 saturated heterocycles. The van der Waals surface area contributed by atoms with Gasteiger partial charge in [0, 0.05) is 12.7 Å². The normalized spacial score (nSPS) is 27.8. The molecule has 94 valence electrons. The molecule has 16 heavy (non-hydrogen) atoms. The Balaban J connectivity index is 1.81. The third-order valence-corrected chi connectivity index (χ3v) is 4.20.